The Morgan fingerprint density at radius 1 is 1.32 bits per heavy atom. The van der Waals surface area contributed by atoms with Crippen molar-refractivity contribution in [3.8, 4) is 0 Å². The summed E-state index contributed by atoms with van der Waals surface area (Å²) in [5.41, 5.74) is 7.27. The highest BCUT2D eigenvalue weighted by Gasteiger charge is 2.40. The van der Waals surface area contributed by atoms with E-state index >= 15 is 0 Å². The maximum atomic E-state index is 12.4. The predicted molar refractivity (Wildman–Crippen MR) is 104 cm³/mol. The molecule has 25 heavy (non-hydrogen) atoms. The highest BCUT2D eigenvalue weighted by molar-refractivity contribution is 7.16. The highest BCUT2D eigenvalue weighted by Crippen LogP contribution is 2.43. The third kappa shape index (κ3) is 4.11. The van der Waals surface area contributed by atoms with Crippen molar-refractivity contribution in [2.24, 2.45) is 5.73 Å². The molecule has 0 aromatic carbocycles. The lowest BCUT2D eigenvalue weighted by molar-refractivity contribution is 0.103. The fraction of sp³-hybridized carbons (Fsp3) is 0.556. The number of thiophene rings is 1. The molecule has 4 rings (SSSR count). The molecule has 2 aliphatic rings. The fourth-order valence-electron chi connectivity index (χ4n) is 3.59. The van der Waals surface area contributed by atoms with E-state index in [0.717, 1.165) is 27.7 Å². The van der Waals surface area contributed by atoms with E-state index in [1.165, 1.54) is 47.5 Å². The molecule has 2 aromatic heterocycles. The molecule has 0 saturated heterocycles. The van der Waals surface area contributed by atoms with Gasteiger partial charge < -0.3 is 16.4 Å². The number of anilines is 1. The molecule has 2 fully saturated rings. The molecule has 0 aliphatic heterocycles. The topological polar surface area (TPSA) is 80.0 Å². The van der Waals surface area contributed by atoms with E-state index in [1.807, 2.05) is 6.92 Å². The minimum absolute atomic E-state index is 0.0358. The van der Waals surface area contributed by atoms with Crippen molar-refractivity contribution in [3.05, 3.63) is 33.1 Å². The van der Waals surface area contributed by atoms with Crippen LogP contribution in [0, 0.1) is 6.92 Å². The predicted octanol–water partition coefficient (Wildman–Crippen LogP) is 3.48. The Hall–Kier alpha value is -1.28. The maximum Gasteiger partial charge on any atom is 0.266 e. The number of nitrogens with zero attached hydrogens (tertiary/aromatic N) is 1. The van der Waals surface area contributed by atoms with Crippen LogP contribution >= 0.6 is 22.7 Å². The summed E-state index contributed by atoms with van der Waals surface area (Å²) in [5, 5.41) is 10.6. The van der Waals surface area contributed by atoms with E-state index in [1.54, 1.807) is 6.20 Å². The van der Waals surface area contributed by atoms with Crippen LogP contribution in [0.25, 0.3) is 0 Å². The van der Waals surface area contributed by atoms with E-state index in [4.69, 9.17) is 5.73 Å². The van der Waals surface area contributed by atoms with Gasteiger partial charge in [-0.25, -0.2) is 4.98 Å². The standard InChI is InChI=1S/C18H24N4OS2/c1-10-20-8-17(25-10)22-18(23)16-6-11(9-24-16)14-7-15(14)21-13-4-2-12(19)3-5-13/h6,8-9,12-15,21H,2-5,7,19H2,1H3,(H,22,23). The second-order valence-electron chi connectivity index (χ2n) is 7.17. The van der Waals surface area contributed by atoms with Gasteiger partial charge in [0.15, 0.2) is 0 Å². The first-order chi connectivity index (χ1) is 12.1. The molecular weight excluding hydrogens is 352 g/mol. The molecule has 5 nitrogen and oxygen atoms in total. The number of aryl methyl sites for hydroxylation is 1. The summed E-state index contributed by atoms with van der Waals surface area (Å²) in [7, 11) is 0. The molecule has 0 spiro atoms. The average Bonchev–Trinajstić information content (AvgIpc) is 2.99. The van der Waals surface area contributed by atoms with Gasteiger partial charge >= 0.3 is 0 Å². The van der Waals surface area contributed by atoms with Crippen molar-refractivity contribution in [2.75, 3.05) is 5.32 Å². The number of rotatable bonds is 5. The van der Waals surface area contributed by atoms with E-state index in [2.05, 4.69) is 27.1 Å². The summed E-state index contributed by atoms with van der Waals surface area (Å²) < 4.78 is 0. The fourth-order valence-corrected chi connectivity index (χ4v) is 5.13. The Bertz CT molecular complexity index is 748. The van der Waals surface area contributed by atoms with Gasteiger partial charge in [0, 0.05) is 24.0 Å². The molecule has 2 saturated carbocycles. The molecular formula is C18H24N4OS2. The first kappa shape index (κ1) is 17.1. The number of aromatic nitrogens is 1. The normalized spacial score (nSPS) is 28.7. The number of hydrogen-bond acceptors (Lipinski definition) is 6. The lowest BCUT2D eigenvalue weighted by Gasteiger charge is -2.27. The van der Waals surface area contributed by atoms with Gasteiger partial charge in [0.2, 0.25) is 0 Å². The van der Waals surface area contributed by atoms with Crippen molar-refractivity contribution in [3.63, 3.8) is 0 Å². The number of carbonyl (C=O) groups excluding carboxylic acids is 1. The highest BCUT2D eigenvalue weighted by atomic mass is 32.1. The van der Waals surface area contributed by atoms with Gasteiger partial charge in [-0.05, 0) is 56.0 Å². The van der Waals surface area contributed by atoms with Crippen LogP contribution in [0.2, 0.25) is 0 Å². The van der Waals surface area contributed by atoms with E-state index in [9.17, 15) is 4.79 Å². The molecule has 2 aromatic rings. The van der Waals surface area contributed by atoms with Crippen LogP contribution in [-0.2, 0) is 0 Å². The molecule has 0 bridgehead atoms. The second-order valence-corrected chi connectivity index (χ2v) is 9.32. The molecule has 4 N–H and O–H groups in total. The number of nitrogens with two attached hydrogens (primary N) is 1. The van der Waals surface area contributed by atoms with Crippen molar-refractivity contribution in [1.82, 2.24) is 10.3 Å². The van der Waals surface area contributed by atoms with Crippen LogP contribution in [0.5, 0.6) is 0 Å². The van der Waals surface area contributed by atoms with Gasteiger partial charge in [-0.2, -0.15) is 0 Å². The van der Waals surface area contributed by atoms with Crippen LogP contribution in [0.15, 0.2) is 17.6 Å². The van der Waals surface area contributed by atoms with E-state index in [-0.39, 0.29) is 5.91 Å². The summed E-state index contributed by atoms with van der Waals surface area (Å²) in [5.74, 6) is 0.519. The molecule has 2 heterocycles. The lowest BCUT2D eigenvalue weighted by atomic mass is 9.92. The zero-order chi connectivity index (χ0) is 17.4. The lowest BCUT2D eigenvalue weighted by Crippen LogP contribution is -2.38. The van der Waals surface area contributed by atoms with Crippen molar-refractivity contribution in [1.29, 1.82) is 0 Å². The zero-order valence-corrected chi connectivity index (χ0v) is 16.0. The van der Waals surface area contributed by atoms with Gasteiger partial charge in [-0.15, -0.1) is 22.7 Å². The van der Waals surface area contributed by atoms with Crippen molar-refractivity contribution >= 4 is 33.6 Å². The second kappa shape index (κ2) is 7.15. The monoisotopic (exact) mass is 376 g/mol. The summed E-state index contributed by atoms with van der Waals surface area (Å²) in [6.07, 6.45) is 7.54. The first-order valence-corrected chi connectivity index (χ1v) is 10.6. The third-order valence-corrected chi connectivity index (χ3v) is 6.92. The number of carbonyl (C=O) groups is 1. The van der Waals surface area contributed by atoms with Crippen molar-refractivity contribution < 1.29 is 4.79 Å². The average molecular weight is 377 g/mol. The van der Waals surface area contributed by atoms with Crippen molar-refractivity contribution in [2.45, 2.75) is 63.1 Å². The third-order valence-electron chi connectivity index (χ3n) is 5.14. The summed E-state index contributed by atoms with van der Waals surface area (Å²) >= 11 is 3.03. The minimum Gasteiger partial charge on any atom is -0.328 e. The number of hydrogen-bond donors (Lipinski definition) is 3. The van der Waals surface area contributed by atoms with Crippen LogP contribution in [0.4, 0.5) is 5.00 Å². The molecule has 1 amide bonds. The van der Waals surface area contributed by atoms with Gasteiger partial charge in [-0.1, -0.05) is 0 Å². The number of thiazole rings is 1. The molecule has 2 aliphatic carbocycles. The summed E-state index contributed by atoms with van der Waals surface area (Å²) in [6, 6.07) is 3.63. The number of nitrogens with one attached hydrogen (secondary N) is 2. The summed E-state index contributed by atoms with van der Waals surface area (Å²) in [4.78, 5) is 17.3. The van der Waals surface area contributed by atoms with E-state index < -0.39 is 0 Å². The molecule has 134 valence electrons. The van der Waals surface area contributed by atoms with Crippen LogP contribution in [-0.4, -0.2) is 29.0 Å². The maximum absolute atomic E-state index is 12.4. The molecule has 2 atom stereocenters. The SMILES string of the molecule is Cc1ncc(NC(=O)c2cc(C3CC3NC3CCC(N)CC3)cs2)s1. The Morgan fingerprint density at radius 3 is 2.84 bits per heavy atom. The van der Waals surface area contributed by atoms with Gasteiger partial charge in [0.1, 0.15) is 5.00 Å². The molecule has 0 radical (unpaired) electrons. The smallest absolute Gasteiger partial charge is 0.266 e. The zero-order valence-electron chi connectivity index (χ0n) is 14.3. The Balaban J connectivity index is 1.30. The Kier molecular flexibility index (Phi) is 4.90. The van der Waals surface area contributed by atoms with Crippen LogP contribution in [0.3, 0.4) is 0 Å². The largest absolute Gasteiger partial charge is 0.328 e. The molecule has 7 heteroatoms. The summed E-state index contributed by atoms with van der Waals surface area (Å²) in [6.45, 7) is 1.93. The number of amides is 1. The van der Waals surface area contributed by atoms with Gasteiger partial charge in [0.25, 0.3) is 5.91 Å². The quantitative estimate of drug-likeness (QED) is 0.746. The van der Waals surface area contributed by atoms with Gasteiger partial charge in [0.05, 0.1) is 16.1 Å². The Labute approximate surface area is 156 Å². The van der Waals surface area contributed by atoms with E-state index in [0.29, 0.717) is 24.0 Å². The minimum atomic E-state index is -0.0358. The van der Waals surface area contributed by atoms with Gasteiger partial charge in [-0.3, -0.25) is 4.79 Å². The molecule has 2 unspecified atom stereocenters. The Morgan fingerprint density at radius 2 is 2.12 bits per heavy atom. The van der Waals surface area contributed by atoms with Crippen LogP contribution in [0.1, 0.15) is 58.3 Å². The van der Waals surface area contributed by atoms with Crippen LogP contribution < -0.4 is 16.4 Å². The first-order valence-electron chi connectivity index (χ1n) is 8.92.